The van der Waals surface area contributed by atoms with E-state index in [9.17, 15) is 9.59 Å². The Kier molecular flexibility index (Phi) is 6.68. The van der Waals surface area contributed by atoms with E-state index in [0.717, 1.165) is 10.9 Å². The first kappa shape index (κ1) is 17.5. The number of halogens is 1. The molecule has 0 unspecified atom stereocenters. The largest absolute Gasteiger partial charge is 0.481 e. The van der Waals surface area contributed by atoms with Crippen molar-refractivity contribution in [1.29, 1.82) is 0 Å². The van der Waals surface area contributed by atoms with Gasteiger partial charge in [-0.2, -0.15) is 0 Å². The van der Waals surface area contributed by atoms with E-state index in [2.05, 4.69) is 21.2 Å². The molecule has 1 aromatic rings. The van der Waals surface area contributed by atoms with E-state index in [1.807, 2.05) is 13.8 Å². The van der Waals surface area contributed by atoms with Gasteiger partial charge in [-0.05, 0) is 52.4 Å². The zero-order valence-electron chi connectivity index (χ0n) is 12.2. The Bertz CT molecular complexity index is 518. The Morgan fingerprint density at radius 3 is 2.57 bits per heavy atom. The van der Waals surface area contributed by atoms with Crippen LogP contribution in [0.25, 0.3) is 0 Å². The lowest BCUT2D eigenvalue weighted by atomic mass is 9.94. The summed E-state index contributed by atoms with van der Waals surface area (Å²) < 4.78 is 0.739. The molecule has 0 fully saturated rings. The monoisotopic (exact) mass is 356 g/mol. The van der Waals surface area contributed by atoms with Crippen LogP contribution in [0.4, 0.5) is 5.69 Å². The second-order valence-corrected chi connectivity index (χ2v) is 6.39. The van der Waals surface area contributed by atoms with Crippen molar-refractivity contribution in [3.8, 4) is 0 Å². The smallest absolute Gasteiger partial charge is 0.303 e. The second-order valence-electron chi connectivity index (χ2n) is 5.54. The molecule has 1 aromatic carbocycles. The van der Waals surface area contributed by atoms with Gasteiger partial charge in [0.05, 0.1) is 0 Å². The van der Waals surface area contributed by atoms with Crippen molar-refractivity contribution in [2.45, 2.75) is 26.7 Å². The summed E-state index contributed by atoms with van der Waals surface area (Å²) in [6.45, 7) is 4.41. The van der Waals surface area contributed by atoms with Gasteiger partial charge in [-0.25, -0.2) is 0 Å². The molecule has 5 nitrogen and oxygen atoms in total. The summed E-state index contributed by atoms with van der Waals surface area (Å²) in [6, 6.07) is 4.98. The molecule has 0 heterocycles. The van der Waals surface area contributed by atoms with E-state index in [0.29, 0.717) is 23.7 Å². The third-order valence-corrected chi connectivity index (χ3v) is 3.80. The lowest BCUT2D eigenvalue weighted by Crippen LogP contribution is -2.31. The average Bonchev–Trinajstić information content (AvgIpc) is 2.37. The lowest BCUT2D eigenvalue weighted by Gasteiger charge is -2.18. The van der Waals surface area contributed by atoms with E-state index in [1.165, 1.54) is 0 Å². The van der Waals surface area contributed by atoms with E-state index >= 15 is 0 Å². The first-order valence-electron chi connectivity index (χ1n) is 6.84. The number of carboxylic acids is 1. The molecule has 0 aliphatic carbocycles. The standard InChI is InChI=1S/C15H21BrN2O3/c1-9(2)5-10(6-14(19)20)8-18-15(21)11-3-4-12(16)13(17)7-11/h3-4,7,9-10H,5-6,8,17H2,1-2H3,(H,18,21)(H,19,20)/t10-/m0/s1. The Morgan fingerprint density at radius 2 is 2.05 bits per heavy atom. The van der Waals surface area contributed by atoms with Gasteiger partial charge >= 0.3 is 5.97 Å². The highest BCUT2D eigenvalue weighted by Gasteiger charge is 2.16. The quantitative estimate of drug-likeness (QED) is 0.654. The zero-order chi connectivity index (χ0) is 16.0. The predicted molar refractivity (Wildman–Crippen MR) is 86.1 cm³/mol. The minimum absolute atomic E-state index is 0.0565. The Labute approximate surface area is 133 Å². The normalized spacial score (nSPS) is 12.2. The summed E-state index contributed by atoms with van der Waals surface area (Å²) >= 11 is 3.27. The fourth-order valence-corrected chi connectivity index (χ4v) is 2.42. The molecule has 21 heavy (non-hydrogen) atoms. The molecule has 116 valence electrons. The topological polar surface area (TPSA) is 92.4 Å². The van der Waals surface area contributed by atoms with Crippen LogP contribution >= 0.6 is 15.9 Å². The second kappa shape index (κ2) is 8.02. The molecule has 1 amide bonds. The van der Waals surface area contributed by atoms with Gasteiger partial charge in [0.1, 0.15) is 0 Å². The number of nitrogen functional groups attached to an aromatic ring is 1. The molecule has 1 rings (SSSR count). The maximum absolute atomic E-state index is 12.1. The zero-order valence-corrected chi connectivity index (χ0v) is 13.8. The van der Waals surface area contributed by atoms with Crippen molar-refractivity contribution < 1.29 is 14.7 Å². The summed E-state index contributed by atoms with van der Waals surface area (Å²) in [5.74, 6) is -0.773. The summed E-state index contributed by atoms with van der Waals surface area (Å²) in [4.78, 5) is 22.9. The number of carboxylic acid groups (broad SMARTS) is 1. The van der Waals surface area contributed by atoms with Crippen molar-refractivity contribution in [2.24, 2.45) is 11.8 Å². The van der Waals surface area contributed by atoms with E-state index in [-0.39, 0.29) is 18.2 Å². The number of nitrogens with one attached hydrogen (secondary N) is 1. The number of nitrogens with two attached hydrogens (primary N) is 1. The summed E-state index contributed by atoms with van der Waals surface area (Å²) in [6.07, 6.45) is 0.815. The van der Waals surface area contributed by atoms with Gasteiger partial charge in [0, 0.05) is 28.7 Å². The highest BCUT2D eigenvalue weighted by Crippen LogP contribution is 2.20. The van der Waals surface area contributed by atoms with Gasteiger partial charge in [0.2, 0.25) is 0 Å². The first-order valence-corrected chi connectivity index (χ1v) is 7.64. The minimum Gasteiger partial charge on any atom is -0.481 e. The Hall–Kier alpha value is -1.56. The molecule has 6 heteroatoms. The van der Waals surface area contributed by atoms with Crippen molar-refractivity contribution in [2.75, 3.05) is 12.3 Å². The van der Waals surface area contributed by atoms with Crippen molar-refractivity contribution >= 4 is 33.5 Å². The van der Waals surface area contributed by atoms with Gasteiger partial charge in [-0.15, -0.1) is 0 Å². The number of anilines is 1. The van der Waals surface area contributed by atoms with Crippen LogP contribution in [0.2, 0.25) is 0 Å². The van der Waals surface area contributed by atoms with Gasteiger partial charge in [-0.1, -0.05) is 13.8 Å². The molecular formula is C15H21BrN2O3. The number of hydrogen-bond donors (Lipinski definition) is 3. The number of benzene rings is 1. The maximum Gasteiger partial charge on any atom is 0.303 e. The molecule has 0 saturated carbocycles. The third kappa shape index (κ3) is 6.16. The molecule has 0 saturated heterocycles. The molecule has 0 spiro atoms. The molecule has 4 N–H and O–H groups in total. The number of carbonyl (C=O) groups excluding carboxylic acids is 1. The van der Waals surface area contributed by atoms with Crippen LogP contribution in [0.1, 0.15) is 37.0 Å². The van der Waals surface area contributed by atoms with Crippen molar-refractivity contribution in [1.82, 2.24) is 5.32 Å². The highest BCUT2D eigenvalue weighted by atomic mass is 79.9. The number of rotatable bonds is 7. The number of carbonyl (C=O) groups is 2. The Morgan fingerprint density at radius 1 is 1.38 bits per heavy atom. The fraction of sp³-hybridized carbons (Fsp3) is 0.467. The molecule has 0 aliphatic heterocycles. The van der Waals surface area contributed by atoms with Crippen LogP contribution in [0.5, 0.6) is 0 Å². The lowest BCUT2D eigenvalue weighted by molar-refractivity contribution is -0.138. The SMILES string of the molecule is CC(C)C[C@H](CNC(=O)c1ccc(Br)c(N)c1)CC(=O)O. The molecular weight excluding hydrogens is 336 g/mol. The van der Waals surface area contributed by atoms with Crippen LogP contribution in [-0.2, 0) is 4.79 Å². The first-order chi connectivity index (χ1) is 9.79. The molecule has 0 aromatic heterocycles. The molecule has 0 aliphatic rings. The van der Waals surface area contributed by atoms with Crippen LogP contribution in [0, 0.1) is 11.8 Å². The van der Waals surface area contributed by atoms with Crippen LogP contribution in [0.15, 0.2) is 22.7 Å². The summed E-state index contributed by atoms with van der Waals surface area (Å²) in [5, 5.41) is 11.7. The summed E-state index contributed by atoms with van der Waals surface area (Å²) in [7, 11) is 0. The van der Waals surface area contributed by atoms with Crippen LogP contribution in [0.3, 0.4) is 0 Å². The molecule has 1 atom stereocenters. The minimum atomic E-state index is -0.845. The van der Waals surface area contributed by atoms with E-state index < -0.39 is 5.97 Å². The third-order valence-electron chi connectivity index (χ3n) is 3.08. The number of amides is 1. The predicted octanol–water partition coefficient (Wildman–Crippen LogP) is 2.90. The van der Waals surface area contributed by atoms with E-state index in [4.69, 9.17) is 10.8 Å². The van der Waals surface area contributed by atoms with Gasteiger partial charge in [0.25, 0.3) is 5.91 Å². The van der Waals surface area contributed by atoms with E-state index in [1.54, 1.807) is 18.2 Å². The molecule has 0 bridgehead atoms. The number of aliphatic carboxylic acids is 1. The maximum atomic E-state index is 12.1. The average molecular weight is 357 g/mol. The highest BCUT2D eigenvalue weighted by molar-refractivity contribution is 9.10. The van der Waals surface area contributed by atoms with Gasteiger partial charge < -0.3 is 16.2 Å². The number of hydrogen-bond acceptors (Lipinski definition) is 3. The van der Waals surface area contributed by atoms with Gasteiger partial charge in [-0.3, -0.25) is 9.59 Å². The molecule has 0 radical (unpaired) electrons. The van der Waals surface area contributed by atoms with Crippen molar-refractivity contribution in [3.05, 3.63) is 28.2 Å². The van der Waals surface area contributed by atoms with Gasteiger partial charge in [0.15, 0.2) is 0 Å². The van der Waals surface area contributed by atoms with Crippen LogP contribution < -0.4 is 11.1 Å². The fourth-order valence-electron chi connectivity index (χ4n) is 2.18. The summed E-state index contributed by atoms with van der Waals surface area (Å²) in [5.41, 5.74) is 6.70. The Balaban J connectivity index is 2.63. The van der Waals surface area contributed by atoms with Crippen LogP contribution in [-0.4, -0.2) is 23.5 Å². The van der Waals surface area contributed by atoms with Crippen molar-refractivity contribution in [3.63, 3.8) is 0 Å².